The molecule has 0 fully saturated rings. The lowest BCUT2D eigenvalue weighted by Crippen LogP contribution is -2.42. The Bertz CT molecular complexity index is 881. The van der Waals surface area contributed by atoms with Gasteiger partial charge in [-0.2, -0.15) is 0 Å². The molecule has 2 aromatic rings. The number of hydrogen-bond acceptors (Lipinski definition) is 3. The molecule has 130 valence electrons. The molecule has 0 radical (unpaired) electrons. The monoisotopic (exact) mass is 392 g/mol. The number of benzene rings is 2. The topological polar surface area (TPSA) is 49.4 Å². The summed E-state index contributed by atoms with van der Waals surface area (Å²) in [6, 6.07) is 16.7. The second kappa shape index (κ2) is 7.56. The lowest BCUT2D eigenvalue weighted by Gasteiger charge is -2.30. The highest BCUT2D eigenvalue weighted by atomic mass is 35.5. The van der Waals surface area contributed by atoms with Crippen LogP contribution in [0.25, 0.3) is 0 Å². The van der Waals surface area contributed by atoms with Gasteiger partial charge in [-0.15, -0.1) is 0 Å². The van der Waals surface area contributed by atoms with Crippen LogP contribution in [0.3, 0.4) is 0 Å². The summed E-state index contributed by atoms with van der Waals surface area (Å²) in [7, 11) is -3.17. The Kier molecular flexibility index (Phi) is 5.42. The molecule has 1 aliphatic rings. The van der Waals surface area contributed by atoms with Gasteiger partial charge in [-0.3, -0.25) is 0 Å². The van der Waals surface area contributed by atoms with E-state index in [-0.39, 0.29) is 11.8 Å². The minimum Gasteiger partial charge on any atom is -0.337 e. The molecule has 25 heavy (non-hydrogen) atoms. The minimum atomic E-state index is -3.17. The Balaban J connectivity index is 1.81. The van der Waals surface area contributed by atoms with Crippen LogP contribution >= 0.6 is 23.8 Å². The zero-order chi connectivity index (χ0) is 17.9. The standard InChI is InChI=1S/C18H17ClN2O2S2/c19-15-6-8-16(9-7-15)20-18(24)21(12-14-4-2-1-3-5-14)17-10-11-25(22,23)13-17/h1-11,17H,12-13H2,(H,20,24)/t17-/m1/s1. The van der Waals surface area contributed by atoms with Gasteiger partial charge in [0, 0.05) is 22.7 Å². The zero-order valence-electron chi connectivity index (χ0n) is 13.3. The summed E-state index contributed by atoms with van der Waals surface area (Å²) < 4.78 is 23.6. The molecule has 4 nitrogen and oxygen atoms in total. The molecule has 1 atom stereocenters. The predicted octanol–water partition coefficient (Wildman–Crippen LogP) is 3.85. The molecule has 0 aliphatic carbocycles. The van der Waals surface area contributed by atoms with Crippen molar-refractivity contribution in [2.45, 2.75) is 12.6 Å². The summed E-state index contributed by atoms with van der Waals surface area (Å²) in [6.07, 6.45) is 1.69. The smallest absolute Gasteiger partial charge is 0.174 e. The van der Waals surface area contributed by atoms with Crippen molar-refractivity contribution in [3.63, 3.8) is 0 Å². The van der Waals surface area contributed by atoms with Gasteiger partial charge in [0.25, 0.3) is 0 Å². The lowest BCUT2D eigenvalue weighted by molar-refractivity contribution is 0.380. The van der Waals surface area contributed by atoms with Gasteiger partial charge in [0.2, 0.25) is 0 Å². The van der Waals surface area contributed by atoms with Gasteiger partial charge in [-0.1, -0.05) is 41.9 Å². The Labute approximate surface area is 158 Å². The predicted molar refractivity (Wildman–Crippen MR) is 106 cm³/mol. The zero-order valence-corrected chi connectivity index (χ0v) is 15.7. The van der Waals surface area contributed by atoms with Crippen LogP contribution in [0, 0.1) is 0 Å². The van der Waals surface area contributed by atoms with E-state index >= 15 is 0 Å². The first-order chi connectivity index (χ1) is 11.9. The summed E-state index contributed by atoms with van der Waals surface area (Å²) in [5.74, 6) is 0.0300. The molecule has 2 aromatic carbocycles. The fraction of sp³-hybridized carbons (Fsp3) is 0.167. The maximum atomic E-state index is 11.8. The van der Waals surface area contributed by atoms with Crippen molar-refractivity contribution in [1.82, 2.24) is 4.90 Å². The average Bonchev–Trinajstić information content (AvgIpc) is 2.95. The second-order valence-corrected chi connectivity index (χ2v) is 8.53. The van der Waals surface area contributed by atoms with Crippen LogP contribution in [0.1, 0.15) is 5.56 Å². The molecule has 7 heteroatoms. The van der Waals surface area contributed by atoms with Crippen LogP contribution in [-0.2, 0) is 16.4 Å². The first-order valence-corrected chi connectivity index (χ1v) is 10.2. The first-order valence-electron chi connectivity index (χ1n) is 7.71. The SMILES string of the molecule is O=S1(=O)C=C[C@@H](N(Cc2ccccc2)C(=S)Nc2ccc(Cl)cc2)C1. The van der Waals surface area contributed by atoms with E-state index in [0.29, 0.717) is 16.7 Å². The van der Waals surface area contributed by atoms with Crippen molar-refractivity contribution in [2.75, 3.05) is 11.1 Å². The Morgan fingerprint density at radius 2 is 1.84 bits per heavy atom. The third kappa shape index (κ3) is 4.81. The Morgan fingerprint density at radius 1 is 1.16 bits per heavy atom. The number of sulfone groups is 1. The van der Waals surface area contributed by atoms with Crippen LogP contribution < -0.4 is 5.32 Å². The maximum absolute atomic E-state index is 11.8. The quantitative estimate of drug-likeness (QED) is 0.801. The molecule has 0 bridgehead atoms. The molecular formula is C18H17ClN2O2S2. The van der Waals surface area contributed by atoms with E-state index in [0.717, 1.165) is 11.3 Å². The molecule has 0 unspecified atom stereocenters. The van der Waals surface area contributed by atoms with E-state index in [1.165, 1.54) is 5.41 Å². The van der Waals surface area contributed by atoms with E-state index in [9.17, 15) is 8.42 Å². The lowest BCUT2D eigenvalue weighted by atomic mass is 10.2. The van der Waals surface area contributed by atoms with Crippen LogP contribution in [-0.4, -0.2) is 30.2 Å². The molecule has 0 saturated carbocycles. The molecule has 0 aromatic heterocycles. The van der Waals surface area contributed by atoms with E-state index in [1.807, 2.05) is 47.4 Å². The third-order valence-electron chi connectivity index (χ3n) is 3.86. The largest absolute Gasteiger partial charge is 0.337 e. The molecule has 1 heterocycles. The highest BCUT2D eigenvalue weighted by molar-refractivity contribution is 7.94. The van der Waals surface area contributed by atoms with Crippen molar-refractivity contribution >= 4 is 44.5 Å². The van der Waals surface area contributed by atoms with Crippen LogP contribution in [0.5, 0.6) is 0 Å². The van der Waals surface area contributed by atoms with E-state index in [1.54, 1.807) is 18.2 Å². The number of anilines is 1. The van der Waals surface area contributed by atoms with Gasteiger partial charge < -0.3 is 10.2 Å². The molecular weight excluding hydrogens is 376 g/mol. The van der Waals surface area contributed by atoms with Crippen LogP contribution in [0.2, 0.25) is 5.02 Å². The number of nitrogens with zero attached hydrogens (tertiary/aromatic N) is 1. The van der Waals surface area contributed by atoms with Crippen molar-refractivity contribution in [3.05, 3.63) is 76.7 Å². The summed E-state index contributed by atoms with van der Waals surface area (Å²) in [6.45, 7) is 0.519. The van der Waals surface area contributed by atoms with Gasteiger partial charge in [-0.05, 0) is 48.1 Å². The fourth-order valence-electron chi connectivity index (χ4n) is 2.60. The van der Waals surface area contributed by atoms with E-state index in [2.05, 4.69) is 5.32 Å². The molecule has 0 amide bonds. The second-order valence-electron chi connectivity index (χ2n) is 5.78. The van der Waals surface area contributed by atoms with Gasteiger partial charge in [0.1, 0.15) is 0 Å². The fourth-order valence-corrected chi connectivity index (χ4v) is 4.34. The highest BCUT2D eigenvalue weighted by Crippen LogP contribution is 2.20. The van der Waals surface area contributed by atoms with Crippen molar-refractivity contribution in [3.8, 4) is 0 Å². The first kappa shape index (κ1) is 17.9. The summed E-state index contributed by atoms with van der Waals surface area (Å²) in [5.41, 5.74) is 1.86. The van der Waals surface area contributed by atoms with Gasteiger partial charge in [-0.25, -0.2) is 8.42 Å². The molecule has 1 aliphatic heterocycles. The van der Waals surface area contributed by atoms with Crippen LogP contribution in [0.15, 0.2) is 66.1 Å². The summed E-state index contributed by atoms with van der Waals surface area (Å²) in [4.78, 5) is 1.89. The number of halogens is 1. The normalized spacial score (nSPS) is 18.0. The minimum absolute atomic E-state index is 0.0300. The number of thiocarbonyl (C=S) groups is 1. The average molecular weight is 393 g/mol. The van der Waals surface area contributed by atoms with Crippen molar-refractivity contribution in [2.24, 2.45) is 0 Å². The van der Waals surface area contributed by atoms with Gasteiger partial charge in [0.05, 0.1) is 11.8 Å². The van der Waals surface area contributed by atoms with Crippen molar-refractivity contribution in [1.29, 1.82) is 0 Å². The summed E-state index contributed by atoms with van der Waals surface area (Å²) in [5, 5.41) is 5.54. The van der Waals surface area contributed by atoms with E-state index < -0.39 is 9.84 Å². The Hall–Kier alpha value is -1.89. The highest BCUT2D eigenvalue weighted by Gasteiger charge is 2.28. The van der Waals surface area contributed by atoms with Crippen molar-refractivity contribution < 1.29 is 8.42 Å². The third-order valence-corrected chi connectivity index (χ3v) is 5.83. The Morgan fingerprint density at radius 3 is 2.44 bits per heavy atom. The summed E-state index contributed by atoms with van der Waals surface area (Å²) >= 11 is 11.5. The maximum Gasteiger partial charge on any atom is 0.174 e. The molecule has 1 N–H and O–H groups in total. The van der Waals surface area contributed by atoms with Gasteiger partial charge >= 0.3 is 0 Å². The number of nitrogens with one attached hydrogen (secondary N) is 1. The number of hydrogen-bond donors (Lipinski definition) is 1. The number of rotatable bonds is 4. The molecule has 0 saturated heterocycles. The van der Waals surface area contributed by atoms with Crippen LogP contribution in [0.4, 0.5) is 5.69 Å². The van der Waals surface area contributed by atoms with E-state index in [4.69, 9.17) is 23.8 Å². The molecule has 0 spiro atoms. The van der Waals surface area contributed by atoms with Gasteiger partial charge in [0.15, 0.2) is 14.9 Å². The molecule has 3 rings (SSSR count).